The fraction of sp³-hybridized carbons (Fsp3) is 0.136. The van der Waals surface area contributed by atoms with Gasteiger partial charge < -0.3 is 14.8 Å². The van der Waals surface area contributed by atoms with Crippen LogP contribution in [-0.2, 0) is 13.2 Å². The number of carbonyl (C=O) groups is 1. The zero-order chi connectivity index (χ0) is 19.9. The molecule has 0 spiro atoms. The van der Waals surface area contributed by atoms with Gasteiger partial charge in [0.1, 0.15) is 18.1 Å². The lowest BCUT2D eigenvalue weighted by molar-refractivity contribution is 0.0950. The highest BCUT2D eigenvalue weighted by Gasteiger charge is 2.11. The molecule has 1 N–H and O–H groups in total. The van der Waals surface area contributed by atoms with Crippen molar-refractivity contribution in [2.45, 2.75) is 13.2 Å². The van der Waals surface area contributed by atoms with Crippen molar-refractivity contribution in [2.24, 2.45) is 0 Å². The van der Waals surface area contributed by atoms with Crippen molar-refractivity contribution in [2.75, 3.05) is 7.11 Å². The average molecular weight is 416 g/mol. The maximum Gasteiger partial charge on any atom is 0.251 e. The lowest BCUT2D eigenvalue weighted by atomic mass is 10.1. The molecule has 0 aliphatic rings. The molecule has 0 saturated heterocycles. The summed E-state index contributed by atoms with van der Waals surface area (Å²) >= 11 is 12.0. The number of carbonyl (C=O) groups excluding carboxylic acids is 1. The van der Waals surface area contributed by atoms with Crippen molar-refractivity contribution in [3.8, 4) is 11.5 Å². The summed E-state index contributed by atoms with van der Waals surface area (Å²) in [6, 6.07) is 19.7. The van der Waals surface area contributed by atoms with Gasteiger partial charge >= 0.3 is 0 Å². The second kappa shape index (κ2) is 9.49. The fourth-order valence-electron chi connectivity index (χ4n) is 2.64. The van der Waals surface area contributed by atoms with Crippen molar-refractivity contribution >= 4 is 29.1 Å². The Bertz CT molecular complexity index is 958. The van der Waals surface area contributed by atoms with Gasteiger partial charge in [-0.05, 0) is 54.1 Å². The highest BCUT2D eigenvalue weighted by Crippen LogP contribution is 2.23. The molecule has 0 aliphatic carbocycles. The predicted molar refractivity (Wildman–Crippen MR) is 111 cm³/mol. The zero-order valence-electron chi connectivity index (χ0n) is 15.2. The molecule has 0 bridgehead atoms. The minimum Gasteiger partial charge on any atom is -0.496 e. The maximum atomic E-state index is 12.5. The lowest BCUT2D eigenvalue weighted by Crippen LogP contribution is -2.23. The van der Waals surface area contributed by atoms with Crippen LogP contribution in [0.1, 0.15) is 21.5 Å². The molecule has 0 heterocycles. The second-order valence-corrected chi connectivity index (χ2v) is 6.89. The van der Waals surface area contributed by atoms with E-state index in [9.17, 15) is 4.79 Å². The third-order valence-electron chi connectivity index (χ3n) is 4.15. The van der Waals surface area contributed by atoms with Gasteiger partial charge in [-0.3, -0.25) is 4.79 Å². The Morgan fingerprint density at radius 2 is 1.71 bits per heavy atom. The third kappa shape index (κ3) is 5.18. The Balaban J connectivity index is 1.69. The average Bonchev–Trinajstić information content (AvgIpc) is 2.72. The van der Waals surface area contributed by atoms with Gasteiger partial charge in [-0.25, -0.2) is 0 Å². The van der Waals surface area contributed by atoms with Gasteiger partial charge in [0.25, 0.3) is 5.91 Å². The van der Waals surface area contributed by atoms with Crippen LogP contribution in [0.4, 0.5) is 0 Å². The summed E-state index contributed by atoms with van der Waals surface area (Å²) < 4.78 is 11.2. The Kier molecular flexibility index (Phi) is 6.80. The van der Waals surface area contributed by atoms with Crippen LogP contribution in [0.5, 0.6) is 11.5 Å². The molecule has 0 fully saturated rings. The number of nitrogens with one attached hydrogen (secondary N) is 1. The standard InChI is InChI=1S/C22H19Cl2NO3/c1-27-21-11-6-15(22(26)25-13-16-4-2-3-5-20(16)24)12-17(21)14-28-19-9-7-18(23)8-10-19/h2-12H,13-14H2,1H3,(H,25,26). The highest BCUT2D eigenvalue weighted by molar-refractivity contribution is 6.31. The van der Waals surface area contributed by atoms with Crippen LogP contribution < -0.4 is 14.8 Å². The summed E-state index contributed by atoms with van der Waals surface area (Å²) in [7, 11) is 1.58. The summed E-state index contributed by atoms with van der Waals surface area (Å²) in [4.78, 5) is 12.5. The zero-order valence-corrected chi connectivity index (χ0v) is 16.8. The van der Waals surface area contributed by atoms with Gasteiger partial charge in [-0.1, -0.05) is 41.4 Å². The molecule has 0 radical (unpaired) electrons. The molecule has 6 heteroatoms. The van der Waals surface area contributed by atoms with E-state index in [1.807, 2.05) is 18.2 Å². The quantitative estimate of drug-likeness (QED) is 0.553. The second-order valence-electron chi connectivity index (χ2n) is 6.04. The number of hydrogen-bond acceptors (Lipinski definition) is 3. The molecule has 0 unspecified atom stereocenters. The smallest absolute Gasteiger partial charge is 0.251 e. The van der Waals surface area contributed by atoms with E-state index < -0.39 is 0 Å². The maximum absolute atomic E-state index is 12.5. The molecule has 3 aromatic rings. The van der Waals surface area contributed by atoms with E-state index in [1.54, 1.807) is 55.6 Å². The number of halogens is 2. The molecule has 3 aromatic carbocycles. The van der Waals surface area contributed by atoms with Crippen molar-refractivity contribution in [3.63, 3.8) is 0 Å². The normalized spacial score (nSPS) is 10.4. The minimum atomic E-state index is -0.199. The summed E-state index contributed by atoms with van der Waals surface area (Å²) in [6.07, 6.45) is 0. The van der Waals surface area contributed by atoms with Gasteiger partial charge in [0.2, 0.25) is 0 Å². The first kappa shape index (κ1) is 20.1. The molecule has 0 atom stereocenters. The first-order valence-electron chi connectivity index (χ1n) is 8.63. The van der Waals surface area contributed by atoms with Gasteiger partial charge in [-0.2, -0.15) is 0 Å². The molecule has 28 heavy (non-hydrogen) atoms. The van der Waals surface area contributed by atoms with Crippen LogP contribution in [0, 0.1) is 0 Å². The monoisotopic (exact) mass is 415 g/mol. The number of amides is 1. The van der Waals surface area contributed by atoms with Gasteiger partial charge in [0.05, 0.1) is 7.11 Å². The highest BCUT2D eigenvalue weighted by atomic mass is 35.5. The Hall–Kier alpha value is -2.69. The van der Waals surface area contributed by atoms with E-state index in [1.165, 1.54) is 0 Å². The molecule has 1 amide bonds. The SMILES string of the molecule is COc1ccc(C(=O)NCc2ccccc2Cl)cc1COc1ccc(Cl)cc1. The summed E-state index contributed by atoms with van der Waals surface area (Å²) in [5.41, 5.74) is 2.14. The fourth-order valence-corrected chi connectivity index (χ4v) is 2.97. The van der Waals surface area contributed by atoms with Gasteiger partial charge in [0.15, 0.2) is 0 Å². The lowest BCUT2D eigenvalue weighted by Gasteiger charge is -2.13. The van der Waals surface area contributed by atoms with E-state index in [0.29, 0.717) is 33.7 Å². The molecule has 0 aromatic heterocycles. The predicted octanol–water partition coefficient (Wildman–Crippen LogP) is 5.51. The number of rotatable bonds is 7. The van der Waals surface area contributed by atoms with Crippen LogP contribution in [0.25, 0.3) is 0 Å². The van der Waals surface area contributed by atoms with Crippen LogP contribution in [-0.4, -0.2) is 13.0 Å². The number of benzene rings is 3. The Morgan fingerprint density at radius 3 is 2.43 bits per heavy atom. The number of ether oxygens (including phenoxy) is 2. The van der Waals surface area contributed by atoms with E-state index >= 15 is 0 Å². The topological polar surface area (TPSA) is 47.6 Å². The van der Waals surface area contributed by atoms with Crippen molar-refractivity contribution < 1.29 is 14.3 Å². The van der Waals surface area contributed by atoms with Crippen molar-refractivity contribution in [3.05, 3.63) is 93.5 Å². The summed E-state index contributed by atoms with van der Waals surface area (Å²) in [6.45, 7) is 0.609. The van der Waals surface area contributed by atoms with Crippen LogP contribution in [0.15, 0.2) is 66.7 Å². The third-order valence-corrected chi connectivity index (χ3v) is 4.77. The van der Waals surface area contributed by atoms with E-state index in [4.69, 9.17) is 32.7 Å². The molecule has 0 saturated carbocycles. The first-order valence-corrected chi connectivity index (χ1v) is 9.39. The number of hydrogen-bond donors (Lipinski definition) is 1. The van der Waals surface area contributed by atoms with E-state index in [2.05, 4.69) is 5.32 Å². The molecular formula is C22H19Cl2NO3. The van der Waals surface area contributed by atoms with Crippen molar-refractivity contribution in [1.29, 1.82) is 0 Å². The molecular weight excluding hydrogens is 397 g/mol. The van der Waals surface area contributed by atoms with Gasteiger partial charge in [0, 0.05) is 27.7 Å². The summed E-state index contributed by atoms with van der Waals surface area (Å²) in [5, 5.41) is 4.14. The summed E-state index contributed by atoms with van der Waals surface area (Å²) in [5.74, 6) is 1.13. The van der Waals surface area contributed by atoms with Crippen LogP contribution in [0.2, 0.25) is 10.0 Å². The Labute approximate surface area is 174 Å². The number of methoxy groups -OCH3 is 1. The Morgan fingerprint density at radius 1 is 0.964 bits per heavy atom. The molecule has 4 nitrogen and oxygen atoms in total. The van der Waals surface area contributed by atoms with E-state index in [-0.39, 0.29) is 12.5 Å². The van der Waals surface area contributed by atoms with Crippen LogP contribution >= 0.6 is 23.2 Å². The largest absolute Gasteiger partial charge is 0.496 e. The molecule has 3 rings (SSSR count). The molecule has 144 valence electrons. The van der Waals surface area contributed by atoms with E-state index in [0.717, 1.165) is 11.1 Å². The van der Waals surface area contributed by atoms with Crippen molar-refractivity contribution in [1.82, 2.24) is 5.32 Å². The van der Waals surface area contributed by atoms with Crippen LogP contribution in [0.3, 0.4) is 0 Å². The first-order chi connectivity index (χ1) is 13.6. The minimum absolute atomic E-state index is 0.199. The van der Waals surface area contributed by atoms with Gasteiger partial charge in [-0.15, -0.1) is 0 Å². The molecule has 0 aliphatic heterocycles.